The molecule has 7 nitrogen and oxygen atoms in total. The average Bonchev–Trinajstić information content (AvgIpc) is 2.77. The molecule has 1 unspecified atom stereocenters. The zero-order chi connectivity index (χ0) is 23.3. The van der Waals surface area contributed by atoms with Gasteiger partial charge in [0.2, 0.25) is 5.88 Å². The zero-order valence-electron chi connectivity index (χ0n) is 18.0. The van der Waals surface area contributed by atoms with Gasteiger partial charge in [-0.15, -0.1) is 0 Å². The highest BCUT2D eigenvalue weighted by atomic mass is 35.5. The number of nitrogens with two attached hydrogens (primary N) is 1. The number of rotatable bonds is 7. The van der Waals surface area contributed by atoms with Gasteiger partial charge in [-0.05, 0) is 49.2 Å². The average molecular weight is 455 g/mol. The first-order chi connectivity index (χ1) is 15.4. The molecule has 1 atom stereocenters. The van der Waals surface area contributed by atoms with Gasteiger partial charge in [0.1, 0.15) is 24.0 Å². The lowest BCUT2D eigenvalue weighted by Crippen LogP contribution is -2.25. The Balaban J connectivity index is 2.03. The van der Waals surface area contributed by atoms with E-state index < -0.39 is 11.9 Å². The van der Waals surface area contributed by atoms with Gasteiger partial charge < -0.3 is 24.7 Å². The van der Waals surface area contributed by atoms with Gasteiger partial charge in [-0.25, -0.2) is 4.79 Å². The molecule has 0 amide bonds. The van der Waals surface area contributed by atoms with Crippen molar-refractivity contribution in [2.45, 2.75) is 26.4 Å². The highest BCUT2D eigenvalue weighted by Crippen LogP contribution is 2.42. The van der Waals surface area contributed by atoms with Gasteiger partial charge >= 0.3 is 5.97 Å². The normalized spacial score (nSPS) is 15.7. The van der Waals surface area contributed by atoms with Crippen molar-refractivity contribution in [3.05, 3.63) is 81.4 Å². The maximum absolute atomic E-state index is 12.7. The van der Waals surface area contributed by atoms with Gasteiger partial charge in [-0.3, -0.25) is 0 Å². The molecule has 8 heteroatoms. The second-order valence-electron chi connectivity index (χ2n) is 6.94. The number of esters is 1. The van der Waals surface area contributed by atoms with Crippen molar-refractivity contribution >= 4 is 17.6 Å². The minimum Gasteiger partial charge on any atom is -0.493 e. The van der Waals surface area contributed by atoms with E-state index in [2.05, 4.69) is 6.07 Å². The molecule has 1 aliphatic rings. The van der Waals surface area contributed by atoms with Crippen LogP contribution >= 0.6 is 11.6 Å². The van der Waals surface area contributed by atoms with Gasteiger partial charge in [0.25, 0.3) is 0 Å². The van der Waals surface area contributed by atoms with Gasteiger partial charge in [0.15, 0.2) is 11.5 Å². The van der Waals surface area contributed by atoms with Crippen LogP contribution in [0, 0.1) is 11.3 Å². The number of carbonyl (C=O) groups excluding carboxylic acids is 1. The first-order valence-electron chi connectivity index (χ1n) is 9.90. The first kappa shape index (κ1) is 23.0. The van der Waals surface area contributed by atoms with E-state index in [1.165, 1.54) is 7.11 Å². The van der Waals surface area contributed by atoms with Gasteiger partial charge in [0, 0.05) is 5.02 Å². The maximum Gasteiger partial charge on any atom is 0.338 e. The van der Waals surface area contributed by atoms with Crippen molar-refractivity contribution in [2.24, 2.45) is 5.73 Å². The molecular weight excluding hydrogens is 432 g/mol. The summed E-state index contributed by atoms with van der Waals surface area (Å²) in [5.41, 5.74) is 7.78. The highest BCUT2D eigenvalue weighted by molar-refractivity contribution is 6.30. The van der Waals surface area contributed by atoms with Crippen LogP contribution in [0.25, 0.3) is 0 Å². The first-order valence-corrected chi connectivity index (χ1v) is 10.3. The number of methoxy groups -OCH3 is 1. The summed E-state index contributed by atoms with van der Waals surface area (Å²) in [6.07, 6.45) is 0. The second kappa shape index (κ2) is 10.1. The third-order valence-electron chi connectivity index (χ3n) is 4.91. The summed E-state index contributed by atoms with van der Waals surface area (Å²) in [5.74, 6) is -0.188. The molecule has 0 spiro atoms. The summed E-state index contributed by atoms with van der Waals surface area (Å²) in [6.45, 7) is 3.74. The molecule has 0 aliphatic carbocycles. The predicted octanol–water partition coefficient (Wildman–Crippen LogP) is 4.57. The Morgan fingerprint density at radius 3 is 2.69 bits per heavy atom. The van der Waals surface area contributed by atoms with Crippen LogP contribution in [0.2, 0.25) is 5.02 Å². The quantitative estimate of drug-likeness (QED) is 0.611. The van der Waals surface area contributed by atoms with E-state index >= 15 is 0 Å². The Labute approximate surface area is 191 Å². The van der Waals surface area contributed by atoms with Crippen molar-refractivity contribution in [3.8, 4) is 17.6 Å². The fourth-order valence-electron chi connectivity index (χ4n) is 3.46. The molecule has 2 aromatic rings. The van der Waals surface area contributed by atoms with Crippen molar-refractivity contribution in [1.82, 2.24) is 0 Å². The number of halogens is 1. The minimum absolute atomic E-state index is 0.0553. The summed E-state index contributed by atoms with van der Waals surface area (Å²) in [4.78, 5) is 12.7. The number of nitriles is 1. The number of benzene rings is 2. The molecule has 2 aromatic carbocycles. The van der Waals surface area contributed by atoms with Crippen molar-refractivity contribution in [3.63, 3.8) is 0 Å². The van der Waals surface area contributed by atoms with E-state index in [-0.39, 0.29) is 36.0 Å². The largest absolute Gasteiger partial charge is 0.493 e. The van der Waals surface area contributed by atoms with Crippen LogP contribution in [0.4, 0.5) is 0 Å². The van der Waals surface area contributed by atoms with Crippen molar-refractivity contribution < 1.29 is 23.7 Å². The third-order valence-corrected chi connectivity index (χ3v) is 5.14. The monoisotopic (exact) mass is 454 g/mol. The summed E-state index contributed by atoms with van der Waals surface area (Å²) in [6, 6.07) is 14.6. The van der Waals surface area contributed by atoms with E-state index in [1.54, 1.807) is 44.2 Å². The number of hydrogen-bond acceptors (Lipinski definition) is 7. The lowest BCUT2D eigenvalue weighted by molar-refractivity contribution is -0.139. The van der Waals surface area contributed by atoms with Crippen LogP contribution in [0.1, 0.15) is 30.9 Å². The number of nitrogens with zero attached hydrogens (tertiary/aromatic N) is 1. The third kappa shape index (κ3) is 4.82. The SMILES string of the molecule is CCOC(=O)C1=C(C)OC(N)=C(C#N)C1c1ccc(OC)c(OCc2cccc(Cl)c2)c1. The molecule has 1 heterocycles. The number of carbonyl (C=O) groups is 1. The maximum atomic E-state index is 12.7. The van der Waals surface area contributed by atoms with Gasteiger partial charge in [-0.1, -0.05) is 29.8 Å². The fraction of sp³-hybridized carbons (Fsp3) is 0.250. The van der Waals surface area contributed by atoms with E-state index in [9.17, 15) is 10.1 Å². The Morgan fingerprint density at radius 2 is 2.03 bits per heavy atom. The van der Waals surface area contributed by atoms with Gasteiger partial charge in [-0.2, -0.15) is 5.26 Å². The van der Waals surface area contributed by atoms with Crippen molar-refractivity contribution in [1.29, 1.82) is 5.26 Å². The fourth-order valence-corrected chi connectivity index (χ4v) is 3.67. The van der Waals surface area contributed by atoms with E-state index in [0.29, 0.717) is 22.1 Å². The molecule has 0 radical (unpaired) electrons. The molecule has 1 aliphatic heterocycles. The smallest absolute Gasteiger partial charge is 0.338 e. The Hall–Kier alpha value is -3.63. The summed E-state index contributed by atoms with van der Waals surface area (Å²) >= 11 is 6.05. The summed E-state index contributed by atoms with van der Waals surface area (Å²) in [5, 5.41) is 10.4. The molecule has 166 valence electrons. The van der Waals surface area contributed by atoms with Crippen LogP contribution in [-0.2, 0) is 20.9 Å². The lowest BCUT2D eigenvalue weighted by atomic mass is 9.83. The van der Waals surface area contributed by atoms with Crippen LogP contribution in [0.3, 0.4) is 0 Å². The molecule has 0 saturated heterocycles. The number of hydrogen-bond donors (Lipinski definition) is 1. The Morgan fingerprint density at radius 1 is 1.25 bits per heavy atom. The van der Waals surface area contributed by atoms with Crippen molar-refractivity contribution in [2.75, 3.05) is 13.7 Å². The molecule has 2 N–H and O–H groups in total. The van der Waals surface area contributed by atoms with E-state index in [1.807, 2.05) is 12.1 Å². The van der Waals surface area contributed by atoms with Crippen LogP contribution < -0.4 is 15.2 Å². The number of ether oxygens (including phenoxy) is 4. The summed E-state index contributed by atoms with van der Waals surface area (Å²) < 4.78 is 22.1. The molecule has 3 rings (SSSR count). The zero-order valence-corrected chi connectivity index (χ0v) is 18.7. The second-order valence-corrected chi connectivity index (χ2v) is 7.38. The summed E-state index contributed by atoms with van der Waals surface area (Å²) in [7, 11) is 1.53. The Kier molecular flexibility index (Phi) is 7.29. The molecule has 0 saturated carbocycles. The van der Waals surface area contributed by atoms with E-state index in [4.69, 9.17) is 36.3 Å². The molecule has 0 aromatic heterocycles. The van der Waals surface area contributed by atoms with Crippen LogP contribution in [0.5, 0.6) is 11.5 Å². The minimum atomic E-state index is -0.771. The topological polar surface area (TPSA) is 104 Å². The van der Waals surface area contributed by atoms with Crippen LogP contribution in [-0.4, -0.2) is 19.7 Å². The highest BCUT2D eigenvalue weighted by Gasteiger charge is 2.36. The van der Waals surface area contributed by atoms with E-state index in [0.717, 1.165) is 5.56 Å². The van der Waals surface area contributed by atoms with Gasteiger partial charge in [0.05, 0.1) is 25.2 Å². The number of allylic oxidation sites excluding steroid dienone is 2. The molecule has 0 fully saturated rings. The molecular formula is C24H23ClN2O5. The molecule has 32 heavy (non-hydrogen) atoms. The standard InChI is InChI=1S/C24H23ClN2O5/c1-4-30-24(28)21-14(2)32-23(27)18(12-26)22(21)16-8-9-19(29-3)20(11-16)31-13-15-6-5-7-17(25)10-15/h5-11,22H,4,13,27H2,1-3H3. The Bertz CT molecular complexity index is 1130. The molecule has 0 bridgehead atoms. The van der Waals surface area contributed by atoms with Crippen LogP contribution in [0.15, 0.2) is 65.3 Å². The lowest BCUT2D eigenvalue weighted by Gasteiger charge is -2.27. The predicted molar refractivity (Wildman–Crippen MR) is 119 cm³/mol.